The molecule has 1 amide bonds. The van der Waals surface area contributed by atoms with E-state index in [1.54, 1.807) is 12.3 Å². The third-order valence-electron chi connectivity index (χ3n) is 3.95. The number of nitrogens with zero attached hydrogens (tertiary/aromatic N) is 2. The molecule has 0 aliphatic heterocycles. The summed E-state index contributed by atoms with van der Waals surface area (Å²) in [7, 11) is 4.12. The average Bonchev–Trinajstić information content (AvgIpc) is 2.59. The number of amides is 1. The number of benzene rings is 1. The van der Waals surface area contributed by atoms with Crippen molar-refractivity contribution in [3.8, 4) is 0 Å². The van der Waals surface area contributed by atoms with Crippen LogP contribution in [0.3, 0.4) is 0 Å². The van der Waals surface area contributed by atoms with Crippen molar-refractivity contribution in [1.29, 1.82) is 0 Å². The summed E-state index contributed by atoms with van der Waals surface area (Å²) < 4.78 is 0. The van der Waals surface area contributed by atoms with E-state index in [4.69, 9.17) is 0 Å². The lowest BCUT2D eigenvalue weighted by Gasteiger charge is -2.11. The molecule has 2 N–H and O–H groups in total. The van der Waals surface area contributed by atoms with Crippen LogP contribution in [0.25, 0.3) is 0 Å². The van der Waals surface area contributed by atoms with Gasteiger partial charge in [0.2, 0.25) is 0 Å². The Morgan fingerprint density at radius 3 is 2.40 bits per heavy atom. The highest BCUT2D eigenvalue weighted by atomic mass is 16.1. The normalized spacial score (nSPS) is 11.0. The van der Waals surface area contributed by atoms with Crippen molar-refractivity contribution in [1.82, 2.24) is 9.88 Å². The molecule has 5 heteroatoms. The Labute approximate surface area is 150 Å². The second-order valence-electron chi connectivity index (χ2n) is 6.75. The summed E-state index contributed by atoms with van der Waals surface area (Å²) in [4.78, 5) is 18.8. The number of hydrogen-bond acceptors (Lipinski definition) is 4. The number of carbonyl (C=O) groups excluding carboxylic acids is 1. The van der Waals surface area contributed by atoms with E-state index in [1.807, 2.05) is 30.3 Å². The van der Waals surface area contributed by atoms with Crippen LogP contribution in [0.2, 0.25) is 0 Å². The standard InChI is InChI=1S/C20H28N4O/c1-15(2)16-6-9-18(10-7-16)23-20(25)17-8-11-19(22-14-17)21-12-5-13-24(3)4/h6-11,14-15H,5,12-13H2,1-4H3,(H,21,22)(H,23,25). The van der Waals surface area contributed by atoms with Gasteiger partial charge in [-0.2, -0.15) is 0 Å². The molecule has 1 heterocycles. The molecule has 1 aromatic heterocycles. The molecule has 0 radical (unpaired) electrons. The van der Waals surface area contributed by atoms with Crippen LogP contribution in [0.1, 0.15) is 42.1 Å². The zero-order chi connectivity index (χ0) is 18.2. The van der Waals surface area contributed by atoms with Crippen LogP contribution >= 0.6 is 0 Å². The first-order chi connectivity index (χ1) is 12.0. The number of rotatable bonds is 8. The van der Waals surface area contributed by atoms with E-state index in [0.717, 1.165) is 31.0 Å². The fraction of sp³-hybridized carbons (Fsp3) is 0.400. The maximum atomic E-state index is 12.3. The van der Waals surface area contributed by atoms with Crippen molar-refractivity contribution in [3.05, 3.63) is 53.7 Å². The Balaban J connectivity index is 1.87. The van der Waals surface area contributed by atoms with E-state index < -0.39 is 0 Å². The first-order valence-electron chi connectivity index (χ1n) is 8.71. The Hall–Kier alpha value is -2.40. The van der Waals surface area contributed by atoms with Gasteiger partial charge in [0.15, 0.2) is 0 Å². The molecule has 0 spiro atoms. The average molecular weight is 340 g/mol. The van der Waals surface area contributed by atoms with Gasteiger partial charge in [-0.1, -0.05) is 26.0 Å². The SMILES string of the molecule is CC(C)c1ccc(NC(=O)c2ccc(NCCCN(C)C)nc2)cc1. The van der Waals surface area contributed by atoms with Crippen LogP contribution in [0.15, 0.2) is 42.6 Å². The second-order valence-corrected chi connectivity index (χ2v) is 6.75. The number of aromatic nitrogens is 1. The largest absolute Gasteiger partial charge is 0.370 e. The minimum atomic E-state index is -0.149. The van der Waals surface area contributed by atoms with Crippen molar-refractivity contribution in [2.24, 2.45) is 0 Å². The van der Waals surface area contributed by atoms with Crippen molar-refractivity contribution in [2.75, 3.05) is 37.8 Å². The van der Waals surface area contributed by atoms with E-state index in [0.29, 0.717) is 11.5 Å². The van der Waals surface area contributed by atoms with Gasteiger partial charge in [-0.25, -0.2) is 4.98 Å². The summed E-state index contributed by atoms with van der Waals surface area (Å²) >= 11 is 0. The summed E-state index contributed by atoms with van der Waals surface area (Å²) in [6, 6.07) is 11.6. The molecule has 25 heavy (non-hydrogen) atoms. The van der Waals surface area contributed by atoms with Gasteiger partial charge in [0.05, 0.1) is 5.56 Å². The highest BCUT2D eigenvalue weighted by Gasteiger charge is 2.07. The Kier molecular flexibility index (Phi) is 6.95. The zero-order valence-electron chi connectivity index (χ0n) is 15.5. The summed E-state index contributed by atoms with van der Waals surface area (Å²) in [6.07, 6.45) is 2.65. The predicted octanol–water partition coefficient (Wildman–Crippen LogP) is 3.82. The third-order valence-corrected chi connectivity index (χ3v) is 3.95. The topological polar surface area (TPSA) is 57.3 Å². The van der Waals surface area contributed by atoms with E-state index in [9.17, 15) is 4.79 Å². The molecule has 0 saturated heterocycles. The number of carbonyl (C=O) groups is 1. The van der Waals surface area contributed by atoms with Gasteiger partial charge >= 0.3 is 0 Å². The summed E-state index contributed by atoms with van der Waals surface area (Å²) in [5, 5.41) is 6.17. The molecule has 0 bridgehead atoms. The first-order valence-corrected chi connectivity index (χ1v) is 8.71. The van der Waals surface area contributed by atoms with E-state index in [-0.39, 0.29) is 5.91 Å². The second kappa shape index (κ2) is 9.18. The molecule has 0 unspecified atom stereocenters. The van der Waals surface area contributed by atoms with Gasteiger partial charge in [-0.3, -0.25) is 4.79 Å². The van der Waals surface area contributed by atoms with E-state index >= 15 is 0 Å². The number of nitrogens with one attached hydrogen (secondary N) is 2. The fourth-order valence-electron chi connectivity index (χ4n) is 2.40. The first kappa shape index (κ1) is 18.9. The van der Waals surface area contributed by atoms with Crippen LogP contribution in [0, 0.1) is 0 Å². The molecule has 0 fully saturated rings. The Morgan fingerprint density at radius 2 is 1.84 bits per heavy atom. The van der Waals surface area contributed by atoms with Crippen LogP contribution in [0.4, 0.5) is 11.5 Å². The van der Waals surface area contributed by atoms with Crippen molar-refractivity contribution < 1.29 is 4.79 Å². The number of pyridine rings is 1. The quantitative estimate of drug-likeness (QED) is 0.717. The van der Waals surface area contributed by atoms with Gasteiger partial charge in [-0.15, -0.1) is 0 Å². The molecule has 134 valence electrons. The van der Waals surface area contributed by atoms with Crippen LogP contribution in [-0.2, 0) is 0 Å². The third kappa shape index (κ3) is 6.19. The molecule has 5 nitrogen and oxygen atoms in total. The predicted molar refractivity (Wildman–Crippen MR) is 104 cm³/mol. The molecular formula is C20H28N4O. The van der Waals surface area contributed by atoms with Crippen LogP contribution in [-0.4, -0.2) is 43.0 Å². The zero-order valence-corrected chi connectivity index (χ0v) is 15.5. The van der Waals surface area contributed by atoms with Gasteiger partial charge in [-0.05, 0) is 62.8 Å². The molecule has 2 aromatic rings. The molecule has 0 aliphatic rings. The maximum absolute atomic E-state index is 12.3. The lowest BCUT2D eigenvalue weighted by Crippen LogP contribution is -2.17. The van der Waals surface area contributed by atoms with Gasteiger partial charge in [0, 0.05) is 18.4 Å². The van der Waals surface area contributed by atoms with Gasteiger partial charge in [0.25, 0.3) is 5.91 Å². The minimum absolute atomic E-state index is 0.149. The summed E-state index contributed by atoms with van der Waals surface area (Å²) in [6.45, 7) is 6.19. The minimum Gasteiger partial charge on any atom is -0.370 e. The van der Waals surface area contributed by atoms with Crippen molar-refractivity contribution in [2.45, 2.75) is 26.2 Å². The van der Waals surface area contributed by atoms with Crippen molar-refractivity contribution in [3.63, 3.8) is 0 Å². The van der Waals surface area contributed by atoms with E-state index in [2.05, 4.69) is 48.5 Å². The number of anilines is 2. The Morgan fingerprint density at radius 1 is 1.12 bits per heavy atom. The van der Waals surface area contributed by atoms with Crippen LogP contribution < -0.4 is 10.6 Å². The smallest absolute Gasteiger partial charge is 0.257 e. The number of hydrogen-bond donors (Lipinski definition) is 2. The lowest BCUT2D eigenvalue weighted by atomic mass is 10.0. The fourth-order valence-corrected chi connectivity index (χ4v) is 2.40. The molecular weight excluding hydrogens is 312 g/mol. The summed E-state index contributed by atoms with van der Waals surface area (Å²) in [5.74, 6) is 1.12. The maximum Gasteiger partial charge on any atom is 0.257 e. The van der Waals surface area contributed by atoms with Gasteiger partial charge in [0.1, 0.15) is 5.82 Å². The van der Waals surface area contributed by atoms with Crippen molar-refractivity contribution >= 4 is 17.4 Å². The summed E-state index contributed by atoms with van der Waals surface area (Å²) in [5.41, 5.74) is 2.59. The molecule has 0 aliphatic carbocycles. The molecule has 0 saturated carbocycles. The molecule has 2 rings (SSSR count). The van der Waals surface area contributed by atoms with Crippen LogP contribution in [0.5, 0.6) is 0 Å². The van der Waals surface area contributed by atoms with Gasteiger partial charge < -0.3 is 15.5 Å². The highest BCUT2D eigenvalue weighted by molar-refractivity contribution is 6.04. The van der Waals surface area contributed by atoms with E-state index in [1.165, 1.54) is 5.56 Å². The Bertz CT molecular complexity index is 663. The molecule has 0 atom stereocenters. The monoisotopic (exact) mass is 340 g/mol. The highest BCUT2D eigenvalue weighted by Crippen LogP contribution is 2.17. The molecule has 1 aromatic carbocycles. The lowest BCUT2D eigenvalue weighted by molar-refractivity contribution is 0.102.